The summed E-state index contributed by atoms with van der Waals surface area (Å²) in [6, 6.07) is 13.9. The van der Waals surface area contributed by atoms with E-state index in [1.165, 1.54) is 12.1 Å². The van der Waals surface area contributed by atoms with Crippen LogP contribution in [0, 0.1) is 19.8 Å². The van der Waals surface area contributed by atoms with Crippen molar-refractivity contribution in [3.8, 4) is 17.1 Å². The Morgan fingerprint density at radius 3 is 2.54 bits per heavy atom. The molecule has 1 unspecified atom stereocenters. The molecule has 0 radical (unpaired) electrons. The highest BCUT2D eigenvalue weighted by Gasteiger charge is 2.41. The zero-order valence-electron chi connectivity index (χ0n) is 21.6. The van der Waals surface area contributed by atoms with Gasteiger partial charge in [0.25, 0.3) is 15.9 Å². The van der Waals surface area contributed by atoms with Crippen LogP contribution in [0.5, 0.6) is 5.88 Å². The molecule has 3 aromatic rings. The van der Waals surface area contributed by atoms with E-state index in [9.17, 15) is 13.2 Å². The van der Waals surface area contributed by atoms with E-state index < -0.39 is 10.0 Å². The van der Waals surface area contributed by atoms with Gasteiger partial charge in [-0.3, -0.25) is 4.79 Å². The number of anilines is 1. The topological polar surface area (TPSA) is 101 Å². The Morgan fingerprint density at radius 2 is 1.78 bits per heavy atom. The summed E-state index contributed by atoms with van der Waals surface area (Å²) in [5, 5.41) is 0. The number of hydrogen-bond acceptors (Lipinski definition) is 6. The van der Waals surface area contributed by atoms with Crippen LogP contribution in [0.15, 0.2) is 53.4 Å². The van der Waals surface area contributed by atoms with Crippen molar-refractivity contribution in [2.45, 2.75) is 57.4 Å². The molecule has 194 valence electrons. The minimum absolute atomic E-state index is 0.0254. The Labute approximate surface area is 218 Å². The van der Waals surface area contributed by atoms with Crippen molar-refractivity contribution in [2.75, 3.05) is 17.9 Å². The highest BCUT2D eigenvalue weighted by molar-refractivity contribution is 7.92. The molecule has 0 spiro atoms. The predicted octanol–water partition coefficient (Wildman–Crippen LogP) is 4.97. The van der Waals surface area contributed by atoms with Gasteiger partial charge in [-0.2, -0.15) is 4.98 Å². The van der Waals surface area contributed by atoms with Gasteiger partial charge in [-0.1, -0.05) is 24.3 Å². The van der Waals surface area contributed by atoms with E-state index in [1.807, 2.05) is 36.9 Å². The smallest absolute Gasteiger partial charge is 0.264 e. The van der Waals surface area contributed by atoms with E-state index in [2.05, 4.69) is 28.5 Å². The number of nitrogens with zero attached hydrogens (tertiary/aromatic N) is 3. The van der Waals surface area contributed by atoms with Crippen molar-refractivity contribution in [2.24, 2.45) is 5.92 Å². The molecule has 1 atom stereocenters. The molecule has 9 heteroatoms. The number of aromatic nitrogens is 2. The molecule has 1 N–H and O–H groups in total. The minimum atomic E-state index is -4.07. The first kappa shape index (κ1) is 25.2. The van der Waals surface area contributed by atoms with Gasteiger partial charge in [-0.15, -0.1) is 0 Å². The number of benzene rings is 2. The van der Waals surface area contributed by atoms with Crippen LogP contribution in [0.2, 0.25) is 0 Å². The standard InChI is InChI=1S/C28H32N4O4S/c1-18-8-5-9-19(2)25(18)23-15-24-30-27(29-23)31-37(34,35)22-12-6-11-21(14-22)26(33)32-17-20(10-7-13-36-24)16-28(32,3)4/h5-6,8-9,11-12,14-15,20H,7,10,13,16-17H2,1-4H3,(H,29,30,31). The highest BCUT2D eigenvalue weighted by atomic mass is 32.2. The van der Waals surface area contributed by atoms with Gasteiger partial charge >= 0.3 is 0 Å². The summed E-state index contributed by atoms with van der Waals surface area (Å²) in [6.07, 6.45) is 2.59. The summed E-state index contributed by atoms with van der Waals surface area (Å²) in [4.78, 5) is 24.2. The van der Waals surface area contributed by atoms with Gasteiger partial charge < -0.3 is 9.64 Å². The number of aryl methyl sites for hydroxylation is 2. The molecular weight excluding hydrogens is 488 g/mol. The molecule has 0 saturated carbocycles. The molecule has 2 aliphatic heterocycles. The summed E-state index contributed by atoms with van der Waals surface area (Å²) < 4.78 is 35.3. The lowest BCUT2D eigenvalue weighted by Gasteiger charge is -2.31. The van der Waals surface area contributed by atoms with Crippen LogP contribution in [-0.2, 0) is 10.0 Å². The number of sulfonamides is 1. The number of hydrogen-bond donors (Lipinski definition) is 1. The molecule has 2 aromatic carbocycles. The van der Waals surface area contributed by atoms with Crippen molar-refractivity contribution in [3.05, 3.63) is 65.2 Å². The zero-order chi connectivity index (χ0) is 26.4. The first-order valence-electron chi connectivity index (χ1n) is 12.6. The van der Waals surface area contributed by atoms with Gasteiger partial charge in [-0.25, -0.2) is 18.1 Å². The van der Waals surface area contributed by atoms with E-state index in [1.54, 1.807) is 18.2 Å². The van der Waals surface area contributed by atoms with E-state index in [4.69, 9.17) is 4.74 Å². The molecule has 1 aromatic heterocycles. The van der Waals surface area contributed by atoms with Crippen LogP contribution in [0.1, 0.15) is 54.6 Å². The predicted molar refractivity (Wildman–Crippen MR) is 142 cm³/mol. The second-order valence-electron chi connectivity index (χ2n) is 10.6. The van der Waals surface area contributed by atoms with Crippen LogP contribution < -0.4 is 9.46 Å². The average Bonchev–Trinajstić information content (AvgIpc) is 3.14. The fourth-order valence-corrected chi connectivity index (χ4v) is 6.50. The summed E-state index contributed by atoms with van der Waals surface area (Å²) in [7, 11) is -4.07. The van der Waals surface area contributed by atoms with Gasteiger partial charge in [-0.05, 0) is 82.2 Å². The highest BCUT2D eigenvalue weighted by Crippen LogP contribution is 2.36. The van der Waals surface area contributed by atoms with Crippen LogP contribution in [0.25, 0.3) is 11.3 Å². The van der Waals surface area contributed by atoms with E-state index >= 15 is 0 Å². The van der Waals surface area contributed by atoms with Gasteiger partial charge in [0.05, 0.1) is 17.2 Å². The van der Waals surface area contributed by atoms with Gasteiger partial charge in [0, 0.05) is 29.3 Å². The fourth-order valence-electron chi connectivity index (χ4n) is 5.51. The van der Waals surface area contributed by atoms with Crippen molar-refractivity contribution in [1.29, 1.82) is 0 Å². The van der Waals surface area contributed by atoms with Crippen molar-refractivity contribution < 1.29 is 17.9 Å². The van der Waals surface area contributed by atoms with E-state index in [0.717, 1.165) is 36.0 Å². The third-order valence-electron chi connectivity index (χ3n) is 7.27. The van der Waals surface area contributed by atoms with Crippen molar-refractivity contribution >= 4 is 21.9 Å². The second kappa shape index (κ2) is 9.45. The lowest BCUT2D eigenvalue weighted by Crippen LogP contribution is -2.42. The summed E-state index contributed by atoms with van der Waals surface area (Å²) >= 11 is 0. The molecular formula is C28H32N4O4S. The molecule has 37 heavy (non-hydrogen) atoms. The summed E-state index contributed by atoms with van der Waals surface area (Å²) in [6.45, 7) is 9.17. The zero-order valence-corrected chi connectivity index (χ0v) is 22.4. The lowest BCUT2D eigenvalue weighted by atomic mass is 9.93. The minimum Gasteiger partial charge on any atom is -0.478 e. The van der Waals surface area contributed by atoms with Crippen LogP contribution in [0.3, 0.4) is 0 Å². The quantitative estimate of drug-likeness (QED) is 0.486. The molecule has 1 saturated heterocycles. The van der Waals surface area contributed by atoms with Crippen LogP contribution in [-0.4, -0.2) is 47.9 Å². The largest absolute Gasteiger partial charge is 0.478 e. The maximum atomic E-state index is 13.5. The van der Waals surface area contributed by atoms with Crippen LogP contribution in [0.4, 0.5) is 5.95 Å². The number of carbonyl (C=O) groups excluding carboxylic acids is 1. The number of rotatable bonds is 1. The molecule has 8 nitrogen and oxygen atoms in total. The van der Waals surface area contributed by atoms with E-state index in [0.29, 0.717) is 36.2 Å². The number of nitrogens with one attached hydrogen (secondary N) is 1. The lowest BCUT2D eigenvalue weighted by molar-refractivity contribution is 0.0649. The normalized spacial score (nSPS) is 20.7. The number of amides is 1. The molecule has 2 aliphatic rings. The molecule has 3 heterocycles. The van der Waals surface area contributed by atoms with Gasteiger partial charge in [0.1, 0.15) is 0 Å². The third-order valence-corrected chi connectivity index (χ3v) is 8.59. The molecule has 0 aliphatic carbocycles. The second-order valence-corrected chi connectivity index (χ2v) is 12.3. The maximum Gasteiger partial charge on any atom is 0.264 e. The first-order valence-corrected chi connectivity index (χ1v) is 14.1. The SMILES string of the molecule is Cc1cccc(C)c1-c1cc2nc(n1)NS(=O)(=O)c1cccc(c1)C(=O)N1CC(CCCO2)CC1(C)C. The number of fused-ring (bicyclic) bond motifs is 6. The maximum absolute atomic E-state index is 13.5. The molecule has 1 fully saturated rings. The Hall–Kier alpha value is -3.46. The monoisotopic (exact) mass is 520 g/mol. The summed E-state index contributed by atoms with van der Waals surface area (Å²) in [5.41, 5.74) is 3.54. The molecule has 1 amide bonds. The van der Waals surface area contributed by atoms with Crippen molar-refractivity contribution in [3.63, 3.8) is 0 Å². The van der Waals surface area contributed by atoms with Gasteiger partial charge in [0.15, 0.2) is 0 Å². The number of ether oxygens (including phenoxy) is 1. The molecule has 6 bridgehead atoms. The third kappa shape index (κ3) is 5.05. The number of carbonyl (C=O) groups is 1. The van der Waals surface area contributed by atoms with Crippen LogP contribution >= 0.6 is 0 Å². The fraction of sp³-hybridized carbons (Fsp3) is 0.393. The van der Waals surface area contributed by atoms with Gasteiger partial charge in [0.2, 0.25) is 11.8 Å². The average molecular weight is 521 g/mol. The van der Waals surface area contributed by atoms with E-state index in [-0.39, 0.29) is 22.3 Å². The Balaban J connectivity index is 1.59. The first-order chi connectivity index (χ1) is 17.5. The summed E-state index contributed by atoms with van der Waals surface area (Å²) in [5.74, 6) is 0.414. The Kier molecular flexibility index (Phi) is 6.43. The Bertz CT molecular complexity index is 1450. The Morgan fingerprint density at radius 1 is 1.05 bits per heavy atom. The van der Waals surface area contributed by atoms with Crippen molar-refractivity contribution in [1.82, 2.24) is 14.9 Å². The molecule has 5 rings (SSSR count).